The van der Waals surface area contributed by atoms with Crippen LogP contribution in [0.15, 0.2) is 24.3 Å². The van der Waals surface area contributed by atoms with E-state index in [1.165, 1.54) is 11.8 Å². The Morgan fingerprint density at radius 2 is 1.87 bits per heavy atom. The Kier molecular flexibility index (Phi) is 4.73. The third-order valence-corrected chi connectivity index (χ3v) is 3.09. The molecule has 122 valence electrons. The highest BCUT2D eigenvalue weighted by Crippen LogP contribution is 2.18. The van der Waals surface area contributed by atoms with Gasteiger partial charge in [-0.2, -0.15) is 0 Å². The molecular formula is C15H19N5O3. The molecule has 0 saturated carbocycles. The van der Waals surface area contributed by atoms with Crippen molar-refractivity contribution in [1.29, 1.82) is 0 Å². The summed E-state index contributed by atoms with van der Waals surface area (Å²) in [5.74, 6) is -0.0475. The first-order valence-corrected chi connectivity index (χ1v) is 7.06. The summed E-state index contributed by atoms with van der Waals surface area (Å²) in [5, 5.41) is 14.2. The summed E-state index contributed by atoms with van der Waals surface area (Å²) in [6, 6.07) is 6.43. The van der Waals surface area contributed by atoms with Gasteiger partial charge < -0.3 is 10.1 Å². The molecule has 8 heteroatoms. The van der Waals surface area contributed by atoms with Crippen LogP contribution in [0.25, 0.3) is 0 Å². The van der Waals surface area contributed by atoms with Crippen molar-refractivity contribution in [2.45, 2.75) is 32.7 Å². The molecule has 0 atom stereocenters. The lowest BCUT2D eigenvalue weighted by Gasteiger charge is -2.16. The van der Waals surface area contributed by atoms with E-state index in [-0.39, 0.29) is 17.9 Å². The lowest BCUT2D eigenvalue weighted by molar-refractivity contribution is -0.117. The van der Waals surface area contributed by atoms with Crippen LogP contribution in [0.2, 0.25) is 0 Å². The van der Waals surface area contributed by atoms with Gasteiger partial charge >= 0.3 is 5.97 Å². The van der Waals surface area contributed by atoms with Gasteiger partial charge in [0, 0.05) is 11.1 Å². The van der Waals surface area contributed by atoms with E-state index in [0.29, 0.717) is 17.1 Å². The number of nitrogens with one attached hydrogen (secondary N) is 1. The van der Waals surface area contributed by atoms with Crippen LogP contribution in [0.5, 0.6) is 0 Å². The minimum atomic E-state index is -0.425. The van der Waals surface area contributed by atoms with Crippen molar-refractivity contribution < 1.29 is 14.3 Å². The normalized spacial score (nSPS) is 11.1. The molecule has 23 heavy (non-hydrogen) atoms. The van der Waals surface area contributed by atoms with Gasteiger partial charge in [-0.15, -0.1) is 5.10 Å². The fourth-order valence-corrected chi connectivity index (χ4v) is 1.99. The first-order valence-electron chi connectivity index (χ1n) is 7.06. The summed E-state index contributed by atoms with van der Waals surface area (Å²) in [7, 11) is 1.32. The van der Waals surface area contributed by atoms with E-state index in [0.717, 1.165) is 0 Å². The van der Waals surface area contributed by atoms with Crippen LogP contribution in [0.1, 0.15) is 37.0 Å². The molecule has 2 aromatic rings. The van der Waals surface area contributed by atoms with Gasteiger partial charge in [0.05, 0.1) is 12.7 Å². The van der Waals surface area contributed by atoms with Crippen LogP contribution >= 0.6 is 0 Å². The summed E-state index contributed by atoms with van der Waals surface area (Å²) in [6.07, 6.45) is 0. The SMILES string of the molecule is COC(=O)c1ccc(NC(=O)Cn2nnnc2C(C)(C)C)cc1. The molecule has 0 aliphatic rings. The molecule has 0 bridgehead atoms. The first kappa shape index (κ1) is 16.6. The summed E-state index contributed by atoms with van der Waals surface area (Å²) >= 11 is 0. The van der Waals surface area contributed by atoms with E-state index in [4.69, 9.17) is 0 Å². The monoisotopic (exact) mass is 317 g/mol. The van der Waals surface area contributed by atoms with Gasteiger partial charge in [0.2, 0.25) is 5.91 Å². The van der Waals surface area contributed by atoms with Gasteiger partial charge in [0.25, 0.3) is 0 Å². The number of benzene rings is 1. The summed E-state index contributed by atoms with van der Waals surface area (Å²) in [6.45, 7) is 5.92. The van der Waals surface area contributed by atoms with Crippen LogP contribution in [0.3, 0.4) is 0 Å². The highest BCUT2D eigenvalue weighted by Gasteiger charge is 2.23. The van der Waals surface area contributed by atoms with Gasteiger partial charge in [0.1, 0.15) is 6.54 Å². The van der Waals surface area contributed by atoms with Gasteiger partial charge in [-0.1, -0.05) is 20.8 Å². The molecule has 8 nitrogen and oxygen atoms in total. The Bertz CT molecular complexity index is 701. The molecule has 2 rings (SSSR count). The highest BCUT2D eigenvalue weighted by molar-refractivity contribution is 5.92. The van der Waals surface area contributed by atoms with Gasteiger partial charge in [-0.25, -0.2) is 9.48 Å². The minimum absolute atomic E-state index is 0.0123. The van der Waals surface area contributed by atoms with Crippen molar-refractivity contribution in [3.63, 3.8) is 0 Å². The Hall–Kier alpha value is -2.77. The quantitative estimate of drug-likeness (QED) is 0.856. The number of methoxy groups -OCH3 is 1. The van der Waals surface area contributed by atoms with E-state index < -0.39 is 5.97 Å². The summed E-state index contributed by atoms with van der Waals surface area (Å²) < 4.78 is 6.09. The minimum Gasteiger partial charge on any atom is -0.465 e. The molecule has 1 amide bonds. The first-order chi connectivity index (χ1) is 10.8. The molecule has 0 aliphatic carbocycles. The maximum Gasteiger partial charge on any atom is 0.337 e. The third kappa shape index (κ3) is 4.12. The van der Waals surface area contributed by atoms with Crippen LogP contribution < -0.4 is 5.32 Å². The molecule has 0 saturated heterocycles. The molecule has 0 spiro atoms. The number of anilines is 1. The molecule has 0 fully saturated rings. The lowest BCUT2D eigenvalue weighted by Crippen LogP contribution is -2.25. The van der Waals surface area contributed by atoms with Crippen molar-refractivity contribution in [1.82, 2.24) is 20.2 Å². The number of hydrogen-bond donors (Lipinski definition) is 1. The summed E-state index contributed by atoms with van der Waals surface area (Å²) in [4.78, 5) is 23.5. The zero-order valence-electron chi connectivity index (χ0n) is 13.5. The predicted octanol–water partition coefficient (Wildman–Crippen LogP) is 1.40. The molecule has 0 unspecified atom stereocenters. The van der Waals surface area contributed by atoms with Gasteiger partial charge in [0.15, 0.2) is 5.82 Å². The zero-order chi connectivity index (χ0) is 17.0. The van der Waals surface area contributed by atoms with Gasteiger partial charge in [-0.05, 0) is 34.7 Å². The highest BCUT2D eigenvalue weighted by atomic mass is 16.5. The second kappa shape index (κ2) is 6.55. The van der Waals surface area contributed by atoms with Crippen molar-refractivity contribution >= 4 is 17.6 Å². The second-order valence-corrected chi connectivity index (χ2v) is 6.03. The van der Waals surface area contributed by atoms with E-state index in [1.807, 2.05) is 20.8 Å². The second-order valence-electron chi connectivity index (χ2n) is 6.03. The molecule has 1 aromatic heterocycles. The van der Waals surface area contributed by atoms with Crippen LogP contribution in [-0.2, 0) is 21.5 Å². The molecule has 0 radical (unpaired) electrons. The van der Waals surface area contributed by atoms with Crippen molar-refractivity contribution in [2.75, 3.05) is 12.4 Å². The fourth-order valence-electron chi connectivity index (χ4n) is 1.99. The van der Waals surface area contributed by atoms with E-state index in [1.54, 1.807) is 24.3 Å². The zero-order valence-corrected chi connectivity index (χ0v) is 13.5. The number of carbonyl (C=O) groups excluding carboxylic acids is 2. The molecular weight excluding hydrogens is 298 g/mol. The summed E-state index contributed by atoms with van der Waals surface area (Å²) in [5.41, 5.74) is 0.736. The van der Waals surface area contributed by atoms with Crippen LogP contribution in [-0.4, -0.2) is 39.2 Å². The number of ether oxygens (including phenoxy) is 1. The maximum atomic E-state index is 12.1. The largest absolute Gasteiger partial charge is 0.465 e. The van der Waals surface area contributed by atoms with Crippen LogP contribution in [0.4, 0.5) is 5.69 Å². The Morgan fingerprint density at radius 3 is 2.43 bits per heavy atom. The number of hydrogen-bond acceptors (Lipinski definition) is 6. The average molecular weight is 317 g/mol. The number of nitrogens with zero attached hydrogens (tertiary/aromatic N) is 4. The van der Waals surface area contributed by atoms with Crippen molar-refractivity contribution in [2.24, 2.45) is 0 Å². The number of amides is 1. The van der Waals surface area contributed by atoms with E-state index >= 15 is 0 Å². The number of rotatable bonds is 4. The number of esters is 1. The molecule has 0 aliphatic heterocycles. The molecule has 1 N–H and O–H groups in total. The fraction of sp³-hybridized carbons (Fsp3) is 0.400. The lowest BCUT2D eigenvalue weighted by atomic mass is 9.96. The van der Waals surface area contributed by atoms with E-state index in [2.05, 4.69) is 25.6 Å². The van der Waals surface area contributed by atoms with Crippen molar-refractivity contribution in [3.8, 4) is 0 Å². The smallest absolute Gasteiger partial charge is 0.337 e. The Balaban J connectivity index is 2.03. The van der Waals surface area contributed by atoms with Gasteiger partial charge in [-0.3, -0.25) is 4.79 Å². The van der Waals surface area contributed by atoms with Crippen LogP contribution in [0, 0.1) is 0 Å². The number of carbonyl (C=O) groups is 2. The molecule has 1 aromatic carbocycles. The maximum absolute atomic E-state index is 12.1. The topological polar surface area (TPSA) is 99.0 Å². The van der Waals surface area contributed by atoms with Crippen molar-refractivity contribution in [3.05, 3.63) is 35.7 Å². The standard InChI is InChI=1S/C15H19N5O3/c1-15(2,3)14-17-18-19-20(14)9-12(21)16-11-7-5-10(6-8-11)13(22)23-4/h5-8H,9H2,1-4H3,(H,16,21). The Morgan fingerprint density at radius 1 is 1.22 bits per heavy atom. The number of tetrazole rings is 1. The average Bonchev–Trinajstić information content (AvgIpc) is 2.95. The molecule has 1 heterocycles. The van der Waals surface area contributed by atoms with E-state index in [9.17, 15) is 9.59 Å². The Labute approximate surface area is 133 Å². The third-order valence-electron chi connectivity index (χ3n) is 3.09. The predicted molar refractivity (Wildman–Crippen MR) is 82.9 cm³/mol. The number of aromatic nitrogens is 4.